The topological polar surface area (TPSA) is 91.9 Å². The summed E-state index contributed by atoms with van der Waals surface area (Å²) in [4.78, 5) is 44.8. The zero-order valence-corrected chi connectivity index (χ0v) is 17.8. The van der Waals surface area contributed by atoms with Crippen LogP contribution < -0.4 is 4.74 Å². The second-order valence-electron chi connectivity index (χ2n) is 7.88. The minimum absolute atomic E-state index is 0.188. The maximum absolute atomic E-state index is 13.4. The number of carbonyl (C=O) groups is 3. The normalized spacial score (nSPS) is 19.8. The van der Waals surface area contributed by atoms with E-state index in [1.165, 1.54) is 0 Å². The average Bonchev–Trinajstić information content (AvgIpc) is 3.29. The molecule has 3 heterocycles. The number of hydrogen-bond acceptors (Lipinski definition) is 5. The molecule has 3 amide bonds. The molecule has 0 spiro atoms. The Balaban J connectivity index is 1.62. The number of fused-ring (bicyclic) bond motifs is 4. The van der Waals surface area contributed by atoms with Gasteiger partial charge in [-0.3, -0.25) is 19.4 Å². The Morgan fingerprint density at radius 1 is 1.12 bits per heavy atom. The molecule has 8 heteroatoms. The average molecular weight is 433 g/mol. The number of carbonyl (C=O) groups excluding carboxylic acids is 3. The molecule has 1 N–H and O–H groups in total. The van der Waals surface area contributed by atoms with Crippen LogP contribution in [-0.2, 0) is 20.7 Å². The number of aromatic nitrogens is 1. The number of para-hydroxylation sites is 1. The van der Waals surface area contributed by atoms with Crippen LogP contribution in [0.3, 0.4) is 0 Å². The second kappa shape index (κ2) is 7.71. The molecule has 2 aromatic carbocycles. The van der Waals surface area contributed by atoms with E-state index in [0.29, 0.717) is 12.2 Å². The molecular formula is C24H23N3O5. The number of imide groups is 1. The monoisotopic (exact) mass is 433 g/mol. The molecule has 5 rings (SSSR count). The Kier molecular flexibility index (Phi) is 4.84. The number of esters is 1. The van der Waals surface area contributed by atoms with Gasteiger partial charge in [0.05, 0.1) is 13.7 Å². The molecular weight excluding hydrogens is 410 g/mol. The second-order valence-corrected chi connectivity index (χ2v) is 7.88. The van der Waals surface area contributed by atoms with Gasteiger partial charge in [0.15, 0.2) is 0 Å². The molecule has 2 unspecified atom stereocenters. The van der Waals surface area contributed by atoms with Gasteiger partial charge in [-0.1, -0.05) is 30.3 Å². The van der Waals surface area contributed by atoms with Gasteiger partial charge in [-0.05, 0) is 36.2 Å². The van der Waals surface area contributed by atoms with Crippen molar-refractivity contribution in [3.05, 3.63) is 65.4 Å². The van der Waals surface area contributed by atoms with Crippen LogP contribution in [-0.4, -0.2) is 59.0 Å². The largest absolute Gasteiger partial charge is 0.497 e. The van der Waals surface area contributed by atoms with Crippen LogP contribution >= 0.6 is 0 Å². The highest BCUT2D eigenvalue weighted by Crippen LogP contribution is 2.44. The third kappa shape index (κ3) is 3.02. The molecule has 3 aromatic rings. The summed E-state index contributed by atoms with van der Waals surface area (Å²) in [5.74, 6) is -0.276. The van der Waals surface area contributed by atoms with Crippen molar-refractivity contribution in [3.8, 4) is 5.75 Å². The van der Waals surface area contributed by atoms with Gasteiger partial charge in [0.1, 0.15) is 24.4 Å². The van der Waals surface area contributed by atoms with Crippen molar-refractivity contribution in [1.82, 2.24) is 14.8 Å². The molecule has 8 nitrogen and oxygen atoms in total. The fourth-order valence-electron chi connectivity index (χ4n) is 4.74. The molecule has 0 saturated carbocycles. The molecule has 0 radical (unpaired) electrons. The van der Waals surface area contributed by atoms with Crippen LogP contribution in [0.2, 0.25) is 0 Å². The van der Waals surface area contributed by atoms with Gasteiger partial charge >= 0.3 is 12.0 Å². The first-order valence-electron chi connectivity index (χ1n) is 10.6. The number of H-pyrrole nitrogens is 1. The van der Waals surface area contributed by atoms with E-state index in [0.717, 1.165) is 32.6 Å². The zero-order chi connectivity index (χ0) is 22.4. The summed E-state index contributed by atoms with van der Waals surface area (Å²) < 4.78 is 10.3. The van der Waals surface area contributed by atoms with E-state index in [2.05, 4.69) is 4.98 Å². The third-order valence-corrected chi connectivity index (χ3v) is 6.16. The van der Waals surface area contributed by atoms with E-state index in [-0.39, 0.29) is 19.1 Å². The smallest absolute Gasteiger partial charge is 0.328 e. The Labute approximate surface area is 184 Å². The lowest BCUT2D eigenvalue weighted by Gasteiger charge is -2.36. The number of hydrogen-bond donors (Lipinski definition) is 1. The molecule has 164 valence electrons. The first-order chi connectivity index (χ1) is 15.5. The first-order valence-corrected chi connectivity index (χ1v) is 10.6. The van der Waals surface area contributed by atoms with E-state index < -0.39 is 24.1 Å². The van der Waals surface area contributed by atoms with Crippen molar-refractivity contribution in [2.45, 2.75) is 25.4 Å². The van der Waals surface area contributed by atoms with Crippen molar-refractivity contribution in [2.24, 2.45) is 0 Å². The molecule has 32 heavy (non-hydrogen) atoms. The molecule has 2 aliphatic heterocycles. The number of aromatic amines is 1. The minimum atomic E-state index is -0.685. The Morgan fingerprint density at radius 3 is 2.59 bits per heavy atom. The summed E-state index contributed by atoms with van der Waals surface area (Å²) in [7, 11) is 1.59. The summed E-state index contributed by atoms with van der Waals surface area (Å²) in [6, 6.07) is 13.7. The number of nitrogens with zero attached hydrogens (tertiary/aromatic N) is 2. The predicted octanol–water partition coefficient (Wildman–Crippen LogP) is 3.02. The molecule has 1 aromatic heterocycles. The fraction of sp³-hybridized carbons (Fsp3) is 0.292. The number of rotatable bonds is 5. The van der Waals surface area contributed by atoms with Crippen molar-refractivity contribution in [1.29, 1.82) is 0 Å². The van der Waals surface area contributed by atoms with Gasteiger partial charge in [0.25, 0.3) is 5.91 Å². The van der Waals surface area contributed by atoms with E-state index >= 15 is 0 Å². The fourth-order valence-corrected chi connectivity index (χ4v) is 4.74. The summed E-state index contributed by atoms with van der Waals surface area (Å²) in [6.45, 7) is 1.49. The number of ether oxygens (including phenoxy) is 2. The van der Waals surface area contributed by atoms with Crippen molar-refractivity contribution in [3.63, 3.8) is 0 Å². The Morgan fingerprint density at radius 2 is 1.88 bits per heavy atom. The van der Waals surface area contributed by atoms with E-state index in [1.54, 1.807) is 18.9 Å². The van der Waals surface area contributed by atoms with Crippen LogP contribution in [0.1, 0.15) is 29.8 Å². The number of nitrogens with one attached hydrogen (secondary N) is 1. The summed E-state index contributed by atoms with van der Waals surface area (Å²) in [5.41, 5.74) is 3.71. The highest BCUT2D eigenvalue weighted by Gasteiger charge is 2.53. The van der Waals surface area contributed by atoms with E-state index in [4.69, 9.17) is 9.47 Å². The Hall–Kier alpha value is -3.81. The van der Waals surface area contributed by atoms with Crippen LogP contribution in [0.25, 0.3) is 10.9 Å². The van der Waals surface area contributed by atoms with Gasteiger partial charge in [0, 0.05) is 23.0 Å². The maximum Gasteiger partial charge on any atom is 0.328 e. The van der Waals surface area contributed by atoms with Crippen LogP contribution in [0.5, 0.6) is 5.75 Å². The molecule has 1 saturated heterocycles. The lowest BCUT2D eigenvalue weighted by molar-refractivity contribution is -0.146. The quantitative estimate of drug-likeness (QED) is 0.493. The number of methoxy groups -OCH3 is 1. The van der Waals surface area contributed by atoms with Gasteiger partial charge in [-0.2, -0.15) is 0 Å². The lowest BCUT2D eigenvalue weighted by atomic mass is 9.89. The van der Waals surface area contributed by atoms with Gasteiger partial charge in [-0.25, -0.2) is 4.79 Å². The van der Waals surface area contributed by atoms with E-state index in [1.807, 2.05) is 48.5 Å². The maximum atomic E-state index is 13.4. The van der Waals surface area contributed by atoms with E-state index in [9.17, 15) is 14.4 Å². The predicted molar refractivity (Wildman–Crippen MR) is 116 cm³/mol. The number of amides is 3. The molecule has 0 aliphatic carbocycles. The number of benzene rings is 2. The van der Waals surface area contributed by atoms with Gasteiger partial charge in [-0.15, -0.1) is 0 Å². The van der Waals surface area contributed by atoms with Crippen LogP contribution in [0.15, 0.2) is 48.5 Å². The third-order valence-electron chi connectivity index (χ3n) is 6.16. The van der Waals surface area contributed by atoms with Crippen molar-refractivity contribution >= 4 is 28.8 Å². The van der Waals surface area contributed by atoms with Crippen molar-refractivity contribution in [2.75, 3.05) is 20.3 Å². The highest BCUT2D eigenvalue weighted by molar-refractivity contribution is 6.07. The molecule has 2 aliphatic rings. The minimum Gasteiger partial charge on any atom is -0.497 e. The SMILES string of the molecule is CCOC(=O)CN1C(=O)C2Cc3c([nH]c4ccccc34)C(c3ccc(OC)cc3)N2C1=O. The summed E-state index contributed by atoms with van der Waals surface area (Å²) in [6.07, 6.45) is 0.385. The van der Waals surface area contributed by atoms with Crippen molar-refractivity contribution < 1.29 is 23.9 Å². The van der Waals surface area contributed by atoms with Gasteiger partial charge in [0.2, 0.25) is 0 Å². The standard InChI is InChI=1S/C24H23N3O5/c1-3-32-20(28)13-26-23(29)19-12-17-16-6-4-5-7-18(16)25-21(17)22(27(19)24(26)30)14-8-10-15(31-2)11-9-14/h4-11,19,22,25H,3,12-13H2,1-2H3. The zero-order valence-electron chi connectivity index (χ0n) is 17.8. The molecule has 1 fully saturated rings. The summed E-state index contributed by atoms with van der Waals surface area (Å²) >= 11 is 0. The first kappa shape index (κ1) is 20.1. The molecule has 0 bridgehead atoms. The lowest BCUT2D eigenvalue weighted by Crippen LogP contribution is -2.44. The Bertz CT molecular complexity index is 1220. The van der Waals surface area contributed by atoms with Crippen LogP contribution in [0, 0.1) is 0 Å². The van der Waals surface area contributed by atoms with Crippen LogP contribution in [0.4, 0.5) is 4.79 Å². The molecule has 2 atom stereocenters. The van der Waals surface area contributed by atoms with Gasteiger partial charge < -0.3 is 14.5 Å². The highest BCUT2D eigenvalue weighted by atomic mass is 16.5. The summed E-state index contributed by atoms with van der Waals surface area (Å²) in [5, 5.41) is 1.03. The number of urea groups is 1.